The van der Waals surface area contributed by atoms with Gasteiger partial charge in [-0.25, -0.2) is 4.98 Å². The second-order valence-electron chi connectivity index (χ2n) is 5.03. The van der Waals surface area contributed by atoms with Crippen LogP contribution < -0.4 is 5.43 Å². The largest absolute Gasteiger partial charge is 0.445 e. The predicted molar refractivity (Wildman–Crippen MR) is 89.4 cm³/mol. The van der Waals surface area contributed by atoms with Crippen molar-refractivity contribution in [3.05, 3.63) is 60.5 Å². The Bertz CT molecular complexity index is 752. The van der Waals surface area contributed by atoms with Gasteiger partial charge in [0.15, 0.2) is 0 Å². The van der Waals surface area contributed by atoms with Gasteiger partial charge in [0.25, 0.3) is 0 Å². The van der Waals surface area contributed by atoms with Crippen LogP contribution in [0.4, 0.5) is 5.69 Å². The maximum absolute atomic E-state index is 5.78. The van der Waals surface area contributed by atoms with Gasteiger partial charge in [0.1, 0.15) is 6.26 Å². The number of aromatic nitrogens is 1. The fraction of sp³-hybridized carbons (Fsp3) is 0.118. The summed E-state index contributed by atoms with van der Waals surface area (Å²) >= 11 is 5.78. The Morgan fingerprint density at radius 3 is 2.45 bits per heavy atom. The molecule has 4 nitrogen and oxygen atoms in total. The molecule has 0 fully saturated rings. The molecule has 0 aliphatic heterocycles. The minimum atomic E-state index is 0.628. The van der Waals surface area contributed by atoms with Crippen molar-refractivity contribution in [3.8, 4) is 22.6 Å². The zero-order chi connectivity index (χ0) is 15.5. The third-order valence-corrected chi connectivity index (χ3v) is 3.48. The number of hydrazine groups is 1. The first kappa shape index (κ1) is 14.6. The number of benzene rings is 2. The zero-order valence-electron chi connectivity index (χ0n) is 12.4. The van der Waals surface area contributed by atoms with Crippen LogP contribution in [0.5, 0.6) is 0 Å². The van der Waals surface area contributed by atoms with Crippen molar-refractivity contribution >= 4 is 17.5 Å². The molecule has 22 heavy (non-hydrogen) atoms. The van der Waals surface area contributed by atoms with Crippen LogP contribution in [0.3, 0.4) is 0 Å². The molecule has 1 N–H and O–H groups in total. The Morgan fingerprint density at radius 2 is 1.82 bits per heavy atom. The lowest BCUT2D eigenvalue weighted by molar-refractivity contribution is 0.574. The first-order chi connectivity index (χ1) is 10.6. The van der Waals surface area contributed by atoms with Crippen LogP contribution in [-0.2, 0) is 0 Å². The maximum atomic E-state index is 5.78. The number of aryl methyl sites for hydroxylation is 1. The number of oxazole rings is 1. The molecule has 0 aliphatic carbocycles. The first-order valence-electron chi connectivity index (χ1n) is 6.90. The van der Waals surface area contributed by atoms with Crippen LogP contribution in [-0.4, -0.2) is 16.6 Å². The summed E-state index contributed by atoms with van der Waals surface area (Å²) in [7, 11) is 1.74. The number of hydrogen-bond acceptors (Lipinski definition) is 4. The summed E-state index contributed by atoms with van der Waals surface area (Å²) < 4.78 is 6.76. The highest BCUT2D eigenvalue weighted by Gasteiger charge is 2.08. The molecule has 1 aromatic heterocycles. The Balaban J connectivity index is 1.95. The lowest BCUT2D eigenvalue weighted by atomic mass is 9.98. The van der Waals surface area contributed by atoms with E-state index in [2.05, 4.69) is 41.6 Å². The van der Waals surface area contributed by atoms with E-state index in [9.17, 15) is 0 Å². The van der Waals surface area contributed by atoms with Gasteiger partial charge in [0.2, 0.25) is 5.89 Å². The highest BCUT2D eigenvalue weighted by molar-refractivity contribution is 6.13. The van der Waals surface area contributed by atoms with Crippen molar-refractivity contribution in [1.82, 2.24) is 9.51 Å². The molecule has 0 amide bonds. The molecule has 0 atom stereocenters. The van der Waals surface area contributed by atoms with Crippen LogP contribution in [0, 0.1) is 6.92 Å². The third-order valence-electron chi connectivity index (χ3n) is 3.40. The lowest BCUT2D eigenvalue weighted by Crippen LogP contribution is -2.13. The molecule has 0 saturated carbocycles. The second kappa shape index (κ2) is 6.22. The van der Waals surface area contributed by atoms with Gasteiger partial charge in [-0.15, -0.1) is 4.53 Å². The summed E-state index contributed by atoms with van der Waals surface area (Å²) in [5.74, 6) is 0.628. The summed E-state index contributed by atoms with van der Waals surface area (Å²) in [5.41, 5.74) is 8.39. The molecule has 3 rings (SSSR count). The van der Waals surface area contributed by atoms with Crippen molar-refractivity contribution in [1.29, 1.82) is 0 Å². The molecule has 2 aromatic carbocycles. The molecule has 0 saturated heterocycles. The molecule has 5 heteroatoms. The van der Waals surface area contributed by atoms with Crippen LogP contribution >= 0.6 is 11.8 Å². The van der Waals surface area contributed by atoms with E-state index in [1.54, 1.807) is 19.5 Å². The van der Waals surface area contributed by atoms with Crippen molar-refractivity contribution in [2.75, 3.05) is 12.5 Å². The van der Waals surface area contributed by atoms with E-state index in [1.807, 2.05) is 18.2 Å². The molecule has 0 unspecified atom stereocenters. The van der Waals surface area contributed by atoms with Crippen LogP contribution in [0.15, 0.2) is 59.3 Å². The van der Waals surface area contributed by atoms with Gasteiger partial charge in [-0.3, -0.25) is 0 Å². The Morgan fingerprint density at radius 1 is 1.09 bits per heavy atom. The van der Waals surface area contributed by atoms with Crippen molar-refractivity contribution in [2.24, 2.45) is 0 Å². The molecular weight excluding hydrogens is 298 g/mol. The summed E-state index contributed by atoms with van der Waals surface area (Å²) in [6.07, 6.45) is 3.23. The zero-order valence-corrected chi connectivity index (χ0v) is 13.1. The summed E-state index contributed by atoms with van der Waals surface area (Å²) in [4.78, 5) is 4.20. The van der Waals surface area contributed by atoms with Crippen molar-refractivity contribution in [2.45, 2.75) is 6.92 Å². The van der Waals surface area contributed by atoms with Gasteiger partial charge in [-0.05, 0) is 59.7 Å². The Hall–Kier alpha value is -2.30. The van der Waals surface area contributed by atoms with Crippen LogP contribution in [0.1, 0.15) is 5.56 Å². The number of rotatable bonds is 4. The van der Waals surface area contributed by atoms with E-state index < -0.39 is 0 Å². The fourth-order valence-corrected chi connectivity index (χ4v) is 2.43. The number of halogens is 1. The van der Waals surface area contributed by atoms with Gasteiger partial charge in [0, 0.05) is 12.6 Å². The number of anilines is 1. The lowest BCUT2D eigenvalue weighted by Gasteiger charge is -2.12. The number of nitrogens with zero attached hydrogens (tertiary/aromatic N) is 2. The average Bonchev–Trinajstić information content (AvgIpc) is 3.02. The first-order valence-corrected chi connectivity index (χ1v) is 7.24. The quantitative estimate of drug-likeness (QED) is 0.558. The number of hydrogen-bond donors (Lipinski definition) is 1. The van der Waals surface area contributed by atoms with Gasteiger partial charge in [-0.1, -0.05) is 18.2 Å². The van der Waals surface area contributed by atoms with Crippen LogP contribution in [0.25, 0.3) is 22.6 Å². The summed E-state index contributed by atoms with van der Waals surface area (Å²) in [6.45, 7) is 2.09. The van der Waals surface area contributed by atoms with Crippen molar-refractivity contribution in [3.63, 3.8) is 0 Å². The van der Waals surface area contributed by atoms with Gasteiger partial charge < -0.3 is 9.84 Å². The van der Waals surface area contributed by atoms with Gasteiger partial charge in [-0.2, -0.15) is 0 Å². The highest BCUT2D eigenvalue weighted by Crippen LogP contribution is 2.29. The molecule has 112 valence electrons. The number of nitrogens with one attached hydrogen (secondary N) is 1. The normalized spacial score (nSPS) is 10.9. The SMILES string of the molecule is Cc1ccc(-c2ncco2)cc1-c1ccc(NN(C)Cl)cc1. The summed E-state index contributed by atoms with van der Waals surface area (Å²) in [6, 6.07) is 14.3. The standard InChI is InChI=1S/C17H16ClN3O/c1-12-3-4-14(17-19-9-10-22-17)11-16(12)13-5-7-15(8-6-13)20-21(2)18/h3-11,20H,1-2H3. The van der Waals surface area contributed by atoms with Crippen LogP contribution in [0.2, 0.25) is 0 Å². The molecule has 0 bridgehead atoms. The molecular formula is C17H16ClN3O. The van der Waals surface area contributed by atoms with Gasteiger partial charge in [0.05, 0.1) is 11.9 Å². The van der Waals surface area contributed by atoms with E-state index in [4.69, 9.17) is 16.2 Å². The maximum Gasteiger partial charge on any atom is 0.225 e. The minimum Gasteiger partial charge on any atom is -0.445 e. The minimum absolute atomic E-state index is 0.628. The predicted octanol–water partition coefficient (Wildman–Crippen LogP) is 4.73. The summed E-state index contributed by atoms with van der Waals surface area (Å²) in [5, 5.41) is 0. The molecule has 0 aliphatic rings. The topological polar surface area (TPSA) is 41.3 Å². The van der Waals surface area contributed by atoms with E-state index >= 15 is 0 Å². The Labute approximate surface area is 134 Å². The third kappa shape index (κ3) is 3.13. The van der Waals surface area contributed by atoms with E-state index in [0.29, 0.717) is 5.89 Å². The molecule has 3 aromatic rings. The molecule has 0 radical (unpaired) electrons. The molecule has 1 heterocycles. The van der Waals surface area contributed by atoms with Crippen molar-refractivity contribution < 1.29 is 4.42 Å². The Kier molecular flexibility index (Phi) is 4.13. The highest BCUT2D eigenvalue weighted by atomic mass is 35.5. The van der Waals surface area contributed by atoms with E-state index in [1.165, 1.54) is 10.1 Å². The molecule has 0 spiro atoms. The monoisotopic (exact) mass is 313 g/mol. The van der Waals surface area contributed by atoms with Gasteiger partial charge >= 0.3 is 0 Å². The second-order valence-corrected chi connectivity index (χ2v) is 5.54. The average molecular weight is 314 g/mol. The van der Waals surface area contributed by atoms with E-state index in [-0.39, 0.29) is 0 Å². The fourth-order valence-electron chi connectivity index (χ4n) is 2.33. The van der Waals surface area contributed by atoms with E-state index in [0.717, 1.165) is 22.4 Å². The smallest absolute Gasteiger partial charge is 0.225 e.